The van der Waals surface area contributed by atoms with Crippen LogP contribution < -0.4 is 0 Å². The molecule has 1 aliphatic rings. The summed E-state index contributed by atoms with van der Waals surface area (Å²) in [6, 6.07) is 4.43. The number of hydrogen-bond donors (Lipinski definition) is 0. The van der Waals surface area contributed by atoms with Crippen LogP contribution >= 0.6 is 11.3 Å². The third-order valence-electron chi connectivity index (χ3n) is 4.34. The van der Waals surface area contributed by atoms with Crippen molar-refractivity contribution in [1.82, 2.24) is 19.7 Å². The van der Waals surface area contributed by atoms with Crippen molar-refractivity contribution in [3.05, 3.63) is 46.9 Å². The highest BCUT2D eigenvalue weighted by Gasteiger charge is 2.27. The zero-order valence-corrected chi connectivity index (χ0v) is 14.2. The molecule has 23 heavy (non-hydrogen) atoms. The van der Waals surface area contributed by atoms with Gasteiger partial charge < -0.3 is 4.42 Å². The topological polar surface area (TPSA) is 47.1 Å². The molecule has 0 amide bonds. The van der Waals surface area contributed by atoms with Crippen molar-refractivity contribution >= 4 is 11.3 Å². The molecule has 5 nitrogen and oxygen atoms in total. The number of rotatable bonds is 4. The third kappa shape index (κ3) is 2.96. The van der Waals surface area contributed by atoms with Crippen LogP contribution in [0.4, 0.5) is 0 Å². The Labute approximate surface area is 139 Å². The number of likely N-dealkylation sites (tertiary alicyclic amines) is 1. The molecule has 0 aliphatic carbocycles. The van der Waals surface area contributed by atoms with Gasteiger partial charge in [0, 0.05) is 36.8 Å². The summed E-state index contributed by atoms with van der Waals surface area (Å²) in [5.74, 6) is 1.79. The predicted molar refractivity (Wildman–Crippen MR) is 90.1 cm³/mol. The average molecular weight is 328 g/mol. The lowest BCUT2D eigenvalue weighted by Gasteiger charge is -2.22. The van der Waals surface area contributed by atoms with E-state index in [-0.39, 0.29) is 0 Å². The Bertz CT molecular complexity index is 803. The molecule has 4 heterocycles. The summed E-state index contributed by atoms with van der Waals surface area (Å²) < 4.78 is 7.55. The van der Waals surface area contributed by atoms with E-state index in [2.05, 4.69) is 21.6 Å². The Morgan fingerprint density at radius 3 is 3.04 bits per heavy atom. The zero-order chi connectivity index (χ0) is 15.8. The van der Waals surface area contributed by atoms with E-state index in [4.69, 9.17) is 9.40 Å². The Hall–Kier alpha value is -1.92. The van der Waals surface area contributed by atoms with Crippen LogP contribution in [0.3, 0.4) is 0 Å². The molecule has 0 N–H and O–H groups in total. The number of furan rings is 1. The first-order valence-electron chi connectivity index (χ1n) is 7.93. The van der Waals surface area contributed by atoms with Crippen molar-refractivity contribution in [2.45, 2.75) is 32.4 Å². The van der Waals surface area contributed by atoms with Gasteiger partial charge in [-0.1, -0.05) is 0 Å². The zero-order valence-electron chi connectivity index (χ0n) is 13.4. The maximum atomic E-state index is 5.67. The summed E-state index contributed by atoms with van der Waals surface area (Å²) in [6.45, 7) is 3.96. The molecule has 3 aromatic heterocycles. The summed E-state index contributed by atoms with van der Waals surface area (Å²) in [5.41, 5.74) is 2.43. The van der Waals surface area contributed by atoms with Crippen molar-refractivity contribution in [3.8, 4) is 10.8 Å². The van der Waals surface area contributed by atoms with E-state index in [0.717, 1.165) is 35.3 Å². The fourth-order valence-electron chi connectivity index (χ4n) is 3.26. The van der Waals surface area contributed by atoms with Crippen LogP contribution in [-0.2, 0) is 13.6 Å². The molecular weight excluding hydrogens is 308 g/mol. The van der Waals surface area contributed by atoms with Gasteiger partial charge in [0.15, 0.2) is 10.8 Å². The molecular formula is C17H20N4OS. The molecule has 4 rings (SSSR count). The van der Waals surface area contributed by atoms with E-state index >= 15 is 0 Å². The minimum absolute atomic E-state index is 0.458. The first-order valence-corrected chi connectivity index (χ1v) is 8.81. The molecule has 6 heteroatoms. The maximum absolute atomic E-state index is 5.67. The monoisotopic (exact) mass is 328 g/mol. The van der Waals surface area contributed by atoms with Gasteiger partial charge in [-0.25, -0.2) is 4.98 Å². The van der Waals surface area contributed by atoms with Gasteiger partial charge >= 0.3 is 0 Å². The van der Waals surface area contributed by atoms with Crippen LogP contribution in [0.25, 0.3) is 10.8 Å². The summed E-state index contributed by atoms with van der Waals surface area (Å²) >= 11 is 1.65. The van der Waals surface area contributed by atoms with Crippen LogP contribution in [0.2, 0.25) is 0 Å². The summed E-state index contributed by atoms with van der Waals surface area (Å²) in [5, 5.41) is 7.42. The second-order valence-corrected chi connectivity index (χ2v) is 6.99. The van der Waals surface area contributed by atoms with Gasteiger partial charge in [-0.15, -0.1) is 11.3 Å². The lowest BCUT2D eigenvalue weighted by atomic mass is 10.1. The molecule has 1 unspecified atom stereocenters. The fraction of sp³-hybridized carbons (Fsp3) is 0.412. The lowest BCUT2D eigenvalue weighted by molar-refractivity contribution is 0.246. The lowest BCUT2D eigenvalue weighted by Crippen LogP contribution is -2.22. The van der Waals surface area contributed by atoms with Crippen molar-refractivity contribution in [2.24, 2.45) is 7.05 Å². The SMILES string of the molecule is Cc1ccc(-c2nc(CN3CCCC3c3cnn(C)c3)cs2)o1. The molecule has 0 bridgehead atoms. The van der Waals surface area contributed by atoms with E-state index in [9.17, 15) is 0 Å². The number of thiazole rings is 1. The fourth-order valence-corrected chi connectivity index (χ4v) is 4.03. The molecule has 1 aliphatic heterocycles. The maximum Gasteiger partial charge on any atom is 0.162 e. The van der Waals surface area contributed by atoms with Crippen molar-refractivity contribution < 1.29 is 4.42 Å². The third-order valence-corrected chi connectivity index (χ3v) is 5.25. The molecule has 0 radical (unpaired) electrons. The summed E-state index contributed by atoms with van der Waals surface area (Å²) in [7, 11) is 1.97. The number of hydrogen-bond acceptors (Lipinski definition) is 5. The normalized spacial score (nSPS) is 18.8. The van der Waals surface area contributed by atoms with E-state index in [1.165, 1.54) is 18.4 Å². The van der Waals surface area contributed by atoms with Gasteiger partial charge in [0.05, 0.1) is 11.9 Å². The Kier molecular flexibility index (Phi) is 3.79. The first kappa shape index (κ1) is 14.7. The highest BCUT2D eigenvalue weighted by atomic mass is 32.1. The quantitative estimate of drug-likeness (QED) is 0.731. The van der Waals surface area contributed by atoms with E-state index in [0.29, 0.717) is 6.04 Å². The van der Waals surface area contributed by atoms with Gasteiger partial charge in [0.1, 0.15) is 5.76 Å². The van der Waals surface area contributed by atoms with Crippen molar-refractivity contribution in [1.29, 1.82) is 0 Å². The van der Waals surface area contributed by atoms with Crippen molar-refractivity contribution in [3.63, 3.8) is 0 Å². The molecule has 1 atom stereocenters. The van der Waals surface area contributed by atoms with Crippen LogP contribution in [0.15, 0.2) is 34.3 Å². The van der Waals surface area contributed by atoms with Gasteiger partial charge in [0.2, 0.25) is 0 Å². The smallest absolute Gasteiger partial charge is 0.162 e. The molecule has 0 spiro atoms. The van der Waals surface area contributed by atoms with Gasteiger partial charge in [0.25, 0.3) is 0 Å². The average Bonchev–Trinajstić information content (AvgIpc) is 3.26. The largest absolute Gasteiger partial charge is 0.459 e. The number of aromatic nitrogens is 3. The standard InChI is InChI=1S/C17H20N4OS/c1-12-5-6-16(22-12)17-19-14(11-23-17)10-21-7-3-4-15(21)13-8-18-20(2)9-13/h5-6,8-9,11,15H,3-4,7,10H2,1-2H3. The van der Waals surface area contributed by atoms with Crippen LogP contribution in [-0.4, -0.2) is 26.2 Å². The molecule has 1 saturated heterocycles. The number of aryl methyl sites for hydroxylation is 2. The number of nitrogens with zero attached hydrogens (tertiary/aromatic N) is 4. The molecule has 1 fully saturated rings. The minimum atomic E-state index is 0.458. The predicted octanol–water partition coefficient (Wildman–Crippen LogP) is 3.78. The summed E-state index contributed by atoms with van der Waals surface area (Å²) in [6.07, 6.45) is 6.54. The Morgan fingerprint density at radius 1 is 1.39 bits per heavy atom. The van der Waals surface area contributed by atoms with Gasteiger partial charge in [-0.3, -0.25) is 9.58 Å². The first-order chi connectivity index (χ1) is 11.2. The van der Waals surface area contributed by atoms with E-state index < -0.39 is 0 Å². The van der Waals surface area contributed by atoms with Crippen LogP contribution in [0, 0.1) is 6.92 Å². The van der Waals surface area contributed by atoms with Gasteiger partial charge in [-0.2, -0.15) is 5.10 Å². The van der Waals surface area contributed by atoms with Crippen LogP contribution in [0.1, 0.15) is 35.9 Å². The van der Waals surface area contributed by atoms with Crippen molar-refractivity contribution in [2.75, 3.05) is 6.54 Å². The highest BCUT2D eigenvalue weighted by Crippen LogP contribution is 2.33. The molecule has 3 aromatic rings. The second kappa shape index (κ2) is 5.94. The molecule has 0 saturated carbocycles. The highest BCUT2D eigenvalue weighted by molar-refractivity contribution is 7.13. The second-order valence-electron chi connectivity index (χ2n) is 6.13. The minimum Gasteiger partial charge on any atom is -0.459 e. The van der Waals surface area contributed by atoms with E-state index in [1.54, 1.807) is 11.3 Å². The Morgan fingerprint density at radius 2 is 2.30 bits per heavy atom. The van der Waals surface area contributed by atoms with E-state index in [1.807, 2.05) is 37.0 Å². The van der Waals surface area contributed by atoms with Gasteiger partial charge in [-0.05, 0) is 38.4 Å². The summed E-state index contributed by atoms with van der Waals surface area (Å²) in [4.78, 5) is 7.26. The molecule has 120 valence electrons. The van der Waals surface area contributed by atoms with Crippen LogP contribution in [0.5, 0.6) is 0 Å². The Balaban J connectivity index is 1.50. The molecule has 0 aromatic carbocycles.